The number of para-hydroxylation sites is 1. The molecule has 0 aliphatic heterocycles. The molecule has 1 heteroatoms. The molecule has 0 amide bonds. The van der Waals surface area contributed by atoms with Crippen LogP contribution >= 0.6 is 0 Å². The Labute approximate surface area is 101 Å². The summed E-state index contributed by atoms with van der Waals surface area (Å²) in [4.78, 5) is 0. The molecule has 3 rings (SSSR count). The van der Waals surface area contributed by atoms with Gasteiger partial charge in [-0.05, 0) is 30.0 Å². The van der Waals surface area contributed by atoms with Crippen molar-refractivity contribution in [3.05, 3.63) is 47.5 Å². The zero-order valence-corrected chi connectivity index (χ0v) is 10.4. The van der Waals surface area contributed by atoms with Gasteiger partial charge in [-0.15, -0.1) is 0 Å². The molecule has 0 aliphatic rings. The number of furan rings is 1. The quantitative estimate of drug-likeness (QED) is 0.565. The summed E-state index contributed by atoms with van der Waals surface area (Å²) in [7, 11) is 0. The van der Waals surface area contributed by atoms with Crippen LogP contribution in [0, 0.1) is 6.92 Å². The first-order valence-electron chi connectivity index (χ1n) is 6.09. The van der Waals surface area contributed by atoms with Crippen LogP contribution in [0.4, 0.5) is 0 Å². The average Bonchev–Trinajstić information content (AvgIpc) is 2.69. The zero-order valence-electron chi connectivity index (χ0n) is 10.4. The van der Waals surface area contributed by atoms with E-state index in [-0.39, 0.29) is 0 Å². The van der Waals surface area contributed by atoms with Crippen molar-refractivity contribution in [2.24, 2.45) is 0 Å². The van der Waals surface area contributed by atoms with Crippen molar-refractivity contribution in [1.29, 1.82) is 0 Å². The summed E-state index contributed by atoms with van der Waals surface area (Å²) >= 11 is 0. The Hall–Kier alpha value is -1.76. The molecule has 1 aromatic heterocycles. The fraction of sp³-hybridized carbons (Fsp3) is 0.250. The zero-order chi connectivity index (χ0) is 12.0. The molecular weight excluding hydrogens is 208 g/mol. The Kier molecular flexibility index (Phi) is 2.22. The molecule has 17 heavy (non-hydrogen) atoms. The van der Waals surface area contributed by atoms with E-state index in [9.17, 15) is 0 Å². The Morgan fingerprint density at radius 2 is 1.76 bits per heavy atom. The lowest BCUT2D eigenvalue weighted by Gasteiger charge is -2.08. The van der Waals surface area contributed by atoms with Crippen molar-refractivity contribution in [2.75, 3.05) is 0 Å². The SMILES string of the molecule is Cc1ccc(C(C)C)c2c1oc1ccccc12. The van der Waals surface area contributed by atoms with Crippen molar-refractivity contribution in [3.63, 3.8) is 0 Å². The Bertz CT molecular complexity index is 689. The van der Waals surface area contributed by atoms with Gasteiger partial charge < -0.3 is 4.42 Å². The highest BCUT2D eigenvalue weighted by atomic mass is 16.3. The van der Waals surface area contributed by atoms with Gasteiger partial charge in [-0.3, -0.25) is 0 Å². The number of rotatable bonds is 1. The van der Waals surface area contributed by atoms with E-state index in [0.717, 1.165) is 11.2 Å². The van der Waals surface area contributed by atoms with Crippen LogP contribution in [0.1, 0.15) is 30.9 Å². The van der Waals surface area contributed by atoms with Gasteiger partial charge in [0.1, 0.15) is 11.2 Å². The Morgan fingerprint density at radius 3 is 2.53 bits per heavy atom. The van der Waals surface area contributed by atoms with Crippen LogP contribution in [-0.2, 0) is 0 Å². The second-order valence-corrected chi connectivity index (χ2v) is 4.93. The van der Waals surface area contributed by atoms with Crippen LogP contribution in [0.15, 0.2) is 40.8 Å². The van der Waals surface area contributed by atoms with E-state index in [1.54, 1.807) is 0 Å². The Morgan fingerprint density at radius 1 is 1.00 bits per heavy atom. The van der Waals surface area contributed by atoms with Crippen LogP contribution in [0.5, 0.6) is 0 Å². The smallest absolute Gasteiger partial charge is 0.138 e. The number of hydrogen-bond donors (Lipinski definition) is 0. The molecule has 0 bridgehead atoms. The molecule has 0 atom stereocenters. The highest BCUT2D eigenvalue weighted by molar-refractivity contribution is 6.07. The van der Waals surface area contributed by atoms with E-state index in [1.807, 2.05) is 12.1 Å². The topological polar surface area (TPSA) is 13.1 Å². The van der Waals surface area contributed by atoms with Gasteiger partial charge in [-0.1, -0.05) is 44.2 Å². The van der Waals surface area contributed by atoms with Gasteiger partial charge in [0.25, 0.3) is 0 Å². The fourth-order valence-corrected chi connectivity index (χ4v) is 2.46. The number of fused-ring (bicyclic) bond motifs is 3. The molecule has 0 fully saturated rings. The highest BCUT2D eigenvalue weighted by Gasteiger charge is 2.14. The second-order valence-electron chi connectivity index (χ2n) is 4.93. The number of aryl methyl sites for hydroxylation is 1. The van der Waals surface area contributed by atoms with Crippen molar-refractivity contribution in [1.82, 2.24) is 0 Å². The van der Waals surface area contributed by atoms with E-state index in [0.29, 0.717) is 5.92 Å². The maximum atomic E-state index is 5.97. The minimum atomic E-state index is 0.513. The van der Waals surface area contributed by atoms with Gasteiger partial charge in [0.15, 0.2) is 0 Å². The number of benzene rings is 2. The largest absolute Gasteiger partial charge is 0.456 e. The molecule has 0 aliphatic carbocycles. The minimum absolute atomic E-state index is 0.513. The summed E-state index contributed by atoms with van der Waals surface area (Å²) in [5.41, 5.74) is 4.60. The molecule has 0 radical (unpaired) electrons. The number of hydrogen-bond acceptors (Lipinski definition) is 1. The molecule has 0 saturated carbocycles. The van der Waals surface area contributed by atoms with Gasteiger partial charge in [-0.2, -0.15) is 0 Å². The predicted molar refractivity (Wildman–Crippen MR) is 72.5 cm³/mol. The van der Waals surface area contributed by atoms with Gasteiger partial charge in [0.2, 0.25) is 0 Å². The highest BCUT2D eigenvalue weighted by Crippen LogP contribution is 2.35. The summed E-state index contributed by atoms with van der Waals surface area (Å²) in [6.45, 7) is 6.56. The molecular formula is C16H16O. The lowest BCUT2D eigenvalue weighted by molar-refractivity contribution is 0.665. The normalized spacial score (nSPS) is 11.8. The molecule has 0 unspecified atom stereocenters. The third kappa shape index (κ3) is 1.46. The molecule has 3 aromatic rings. The van der Waals surface area contributed by atoms with E-state index in [1.165, 1.54) is 21.9 Å². The van der Waals surface area contributed by atoms with E-state index < -0.39 is 0 Å². The van der Waals surface area contributed by atoms with Crippen LogP contribution in [0.2, 0.25) is 0 Å². The first kappa shape index (κ1) is 10.4. The third-order valence-corrected chi connectivity index (χ3v) is 3.38. The summed E-state index contributed by atoms with van der Waals surface area (Å²) in [6.07, 6.45) is 0. The maximum absolute atomic E-state index is 5.97. The van der Waals surface area contributed by atoms with Gasteiger partial charge in [0.05, 0.1) is 0 Å². The second kappa shape index (κ2) is 3.63. The monoisotopic (exact) mass is 224 g/mol. The molecule has 0 N–H and O–H groups in total. The first-order valence-corrected chi connectivity index (χ1v) is 6.09. The van der Waals surface area contributed by atoms with Crippen molar-refractivity contribution >= 4 is 21.9 Å². The van der Waals surface area contributed by atoms with Crippen LogP contribution in [0.25, 0.3) is 21.9 Å². The van der Waals surface area contributed by atoms with Gasteiger partial charge in [0, 0.05) is 10.8 Å². The van der Waals surface area contributed by atoms with Crippen LogP contribution in [-0.4, -0.2) is 0 Å². The summed E-state index contributed by atoms with van der Waals surface area (Å²) < 4.78 is 5.97. The molecule has 1 nitrogen and oxygen atoms in total. The Balaban J connectivity index is 2.56. The van der Waals surface area contributed by atoms with Crippen molar-refractivity contribution < 1.29 is 4.42 Å². The maximum Gasteiger partial charge on any atom is 0.138 e. The first-order chi connectivity index (χ1) is 8.18. The van der Waals surface area contributed by atoms with Gasteiger partial charge in [-0.25, -0.2) is 0 Å². The van der Waals surface area contributed by atoms with Crippen molar-refractivity contribution in [3.8, 4) is 0 Å². The van der Waals surface area contributed by atoms with Crippen LogP contribution in [0.3, 0.4) is 0 Å². The predicted octanol–water partition coefficient (Wildman–Crippen LogP) is 5.02. The fourth-order valence-electron chi connectivity index (χ4n) is 2.46. The van der Waals surface area contributed by atoms with E-state index in [4.69, 9.17) is 4.42 Å². The summed E-state index contributed by atoms with van der Waals surface area (Å²) in [5.74, 6) is 0.513. The summed E-state index contributed by atoms with van der Waals surface area (Å²) in [6, 6.07) is 12.7. The lowest BCUT2D eigenvalue weighted by Crippen LogP contribution is -1.89. The van der Waals surface area contributed by atoms with Gasteiger partial charge >= 0.3 is 0 Å². The molecule has 2 aromatic carbocycles. The molecule has 0 spiro atoms. The molecule has 1 heterocycles. The van der Waals surface area contributed by atoms with Crippen LogP contribution < -0.4 is 0 Å². The van der Waals surface area contributed by atoms with E-state index in [2.05, 4.69) is 45.0 Å². The van der Waals surface area contributed by atoms with Crippen molar-refractivity contribution in [2.45, 2.75) is 26.7 Å². The molecule has 86 valence electrons. The molecule has 0 saturated heterocycles. The average molecular weight is 224 g/mol. The summed E-state index contributed by atoms with van der Waals surface area (Å²) in [5, 5.41) is 2.52. The third-order valence-electron chi connectivity index (χ3n) is 3.38. The lowest BCUT2D eigenvalue weighted by atomic mass is 9.95. The standard InChI is InChI=1S/C16H16O/c1-10(2)12-9-8-11(3)16-15(12)13-6-4-5-7-14(13)17-16/h4-10H,1-3H3. The van der Waals surface area contributed by atoms with E-state index >= 15 is 0 Å². The minimum Gasteiger partial charge on any atom is -0.456 e.